The normalized spacial score (nSPS) is 13.8. The molecule has 0 spiro atoms. The molecule has 1 N–H and O–H groups in total. The number of hydrogen-bond donors (Lipinski definition) is 1. The maximum absolute atomic E-state index is 13.3. The van der Waals surface area contributed by atoms with E-state index < -0.39 is 0 Å². The van der Waals surface area contributed by atoms with Crippen LogP contribution in [0.4, 0.5) is 5.69 Å². The summed E-state index contributed by atoms with van der Waals surface area (Å²) >= 11 is 0. The smallest absolute Gasteiger partial charge is 0.270 e. The second-order valence-corrected chi connectivity index (χ2v) is 7.65. The van der Waals surface area contributed by atoms with E-state index in [-0.39, 0.29) is 11.8 Å². The highest BCUT2D eigenvalue weighted by atomic mass is 16.5. The third-order valence-electron chi connectivity index (χ3n) is 5.60. The zero-order valence-corrected chi connectivity index (χ0v) is 17.7. The molecule has 1 fully saturated rings. The van der Waals surface area contributed by atoms with Crippen LogP contribution in [0.1, 0.15) is 41.4 Å². The first-order valence-electron chi connectivity index (χ1n) is 10.4. The summed E-state index contributed by atoms with van der Waals surface area (Å²) < 4.78 is 7.56. The quantitative estimate of drug-likeness (QED) is 0.676. The molecule has 0 bridgehead atoms. The van der Waals surface area contributed by atoms with Crippen molar-refractivity contribution in [3.8, 4) is 5.75 Å². The number of anilines is 1. The summed E-state index contributed by atoms with van der Waals surface area (Å²) in [6.07, 6.45) is 1.33. The molecule has 4 rings (SSSR count). The first-order valence-corrected chi connectivity index (χ1v) is 10.4. The van der Waals surface area contributed by atoms with Gasteiger partial charge in [0.05, 0.1) is 17.8 Å². The third-order valence-corrected chi connectivity index (χ3v) is 5.60. The van der Waals surface area contributed by atoms with Crippen molar-refractivity contribution in [1.29, 1.82) is 0 Å². The Morgan fingerprint density at radius 1 is 1.20 bits per heavy atom. The van der Waals surface area contributed by atoms with Gasteiger partial charge >= 0.3 is 0 Å². The summed E-state index contributed by atoms with van der Waals surface area (Å²) in [5, 5.41) is 3.97. The predicted molar refractivity (Wildman–Crippen MR) is 118 cm³/mol. The SMILES string of the molecule is CCOc1ccccc1CNC(=O)c1c(N2CCCC2=O)c2cc(C)ccc2n1C. The van der Waals surface area contributed by atoms with Gasteiger partial charge < -0.3 is 19.5 Å². The van der Waals surface area contributed by atoms with E-state index >= 15 is 0 Å². The lowest BCUT2D eigenvalue weighted by Crippen LogP contribution is -2.30. The van der Waals surface area contributed by atoms with Gasteiger partial charge in [0.2, 0.25) is 5.91 Å². The number of para-hydroxylation sites is 1. The average Bonchev–Trinajstić information content (AvgIpc) is 3.27. The Labute approximate surface area is 176 Å². The van der Waals surface area contributed by atoms with Crippen LogP contribution in [0.15, 0.2) is 42.5 Å². The molecular weight excluding hydrogens is 378 g/mol. The van der Waals surface area contributed by atoms with Gasteiger partial charge in [0.25, 0.3) is 5.91 Å². The number of nitrogens with one attached hydrogen (secondary N) is 1. The highest BCUT2D eigenvalue weighted by Gasteiger charge is 2.31. The standard InChI is InChI=1S/C24H27N3O3/c1-4-30-20-9-6-5-8-17(20)15-25-24(29)23-22(27-13-7-10-21(27)28)18-14-16(2)11-12-19(18)26(23)3/h5-6,8-9,11-12,14H,4,7,10,13,15H2,1-3H3,(H,25,29). The largest absolute Gasteiger partial charge is 0.494 e. The molecule has 2 heterocycles. The number of aromatic nitrogens is 1. The van der Waals surface area contributed by atoms with Crippen LogP contribution < -0.4 is 15.0 Å². The molecule has 0 unspecified atom stereocenters. The minimum atomic E-state index is -0.202. The van der Waals surface area contributed by atoms with Crippen LogP contribution in [-0.4, -0.2) is 29.5 Å². The molecule has 3 aromatic rings. The van der Waals surface area contributed by atoms with Gasteiger partial charge in [-0.05, 0) is 38.5 Å². The summed E-state index contributed by atoms with van der Waals surface area (Å²) in [6, 6.07) is 13.8. The molecule has 156 valence electrons. The van der Waals surface area contributed by atoms with E-state index in [0.717, 1.165) is 34.2 Å². The number of hydrogen-bond acceptors (Lipinski definition) is 3. The van der Waals surface area contributed by atoms with Crippen molar-refractivity contribution < 1.29 is 14.3 Å². The lowest BCUT2D eigenvalue weighted by molar-refractivity contribution is -0.117. The number of fused-ring (bicyclic) bond motifs is 1. The number of carbonyl (C=O) groups excluding carboxylic acids is 2. The number of rotatable bonds is 6. The maximum atomic E-state index is 13.3. The molecule has 0 saturated carbocycles. The predicted octanol–water partition coefficient (Wildman–Crippen LogP) is 3.94. The fourth-order valence-electron chi connectivity index (χ4n) is 4.16. The third kappa shape index (κ3) is 3.54. The number of nitrogens with zero attached hydrogens (tertiary/aromatic N) is 2. The highest BCUT2D eigenvalue weighted by Crippen LogP contribution is 2.36. The summed E-state index contributed by atoms with van der Waals surface area (Å²) in [4.78, 5) is 27.7. The molecule has 2 amide bonds. The lowest BCUT2D eigenvalue weighted by Gasteiger charge is -2.18. The van der Waals surface area contributed by atoms with Crippen molar-refractivity contribution in [3.63, 3.8) is 0 Å². The number of benzene rings is 2. The molecule has 1 aliphatic heterocycles. The van der Waals surface area contributed by atoms with Gasteiger partial charge in [-0.25, -0.2) is 0 Å². The molecular formula is C24H27N3O3. The van der Waals surface area contributed by atoms with Gasteiger partial charge in [0.15, 0.2) is 0 Å². The molecule has 30 heavy (non-hydrogen) atoms. The van der Waals surface area contributed by atoms with Gasteiger partial charge in [0, 0.05) is 37.5 Å². The Morgan fingerprint density at radius 3 is 2.73 bits per heavy atom. The molecule has 1 aliphatic rings. The number of ether oxygens (including phenoxy) is 1. The van der Waals surface area contributed by atoms with E-state index in [9.17, 15) is 9.59 Å². The van der Waals surface area contributed by atoms with Gasteiger partial charge in [0.1, 0.15) is 11.4 Å². The molecule has 1 aromatic heterocycles. The van der Waals surface area contributed by atoms with E-state index in [1.165, 1.54) is 0 Å². The second-order valence-electron chi connectivity index (χ2n) is 7.65. The van der Waals surface area contributed by atoms with Crippen molar-refractivity contribution in [2.45, 2.75) is 33.2 Å². The fourth-order valence-corrected chi connectivity index (χ4v) is 4.16. The van der Waals surface area contributed by atoms with Crippen molar-refractivity contribution in [2.75, 3.05) is 18.1 Å². The lowest BCUT2D eigenvalue weighted by atomic mass is 10.1. The van der Waals surface area contributed by atoms with Crippen LogP contribution in [0.2, 0.25) is 0 Å². The van der Waals surface area contributed by atoms with Gasteiger partial charge in [-0.3, -0.25) is 9.59 Å². The van der Waals surface area contributed by atoms with Gasteiger partial charge in [-0.2, -0.15) is 0 Å². The number of amides is 2. The molecule has 1 saturated heterocycles. The monoisotopic (exact) mass is 405 g/mol. The molecule has 2 aromatic carbocycles. The van der Waals surface area contributed by atoms with Gasteiger partial charge in [-0.15, -0.1) is 0 Å². The first kappa shape index (κ1) is 20.0. The molecule has 0 radical (unpaired) electrons. The Morgan fingerprint density at radius 2 is 2.00 bits per heavy atom. The minimum absolute atomic E-state index is 0.0692. The zero-order valence-electron chi connectivity index (χ0n) is 17.7. The van der Waals surface area contributed by atoms with Crippen LogP contribution in [0.3, 0.4) is 0 Å². The Bertz CT molecular complexity index is 1120. The Kier molecular flexibility index (Phi) is 5.48. The molecule has 6 nitrogen and oxygen atoms in total. The second kappa shape index (κ2) is 8.22. The van der Waals surface area contributed by atoms with Crippen LogP contribution in [0.25, 0.3) is 10.9 Å². The first-order chi connectivity index (χ1) is 14.5. The van der Waals surface area contributed by atoms with Crippen LogP contribution >= 0.6 is 0 Å². The van der Waals surface area contributed by atoms with Crippen LogP contribution in [-0.2, 0) is 18.4 Å². The minimum Gasteiger partial charge on any atom is -0.494 e. The van der Waals surface area contributed by atoms with Gasteiger partial charge in [-0.1, -0.05) is 29.8 Å². The van der Waals surface area contributed by atoms with Crippen molar-refractivity contribution in [1.82, 2.24) is 9.88 Å². The average molecular weight is 405 g/mol. The Hall–Kier alpha value is -3.28. The van der Waals surface area contributed by atoms with E-state index in [0.29, 0.717) is 37.5 Å². The molecule has 0 aliphatic carbocycles. The number of carbonyl (C=O) groups is 2. The summed E-state index contributed by atoms with van der Waals surface area (Å²) in [7, 11) is 1.88. The maximum Gasteiger partial charge on any atom is 0.270 e. The summed E-state index contributed by atoms with van der Waals surface area (Å²) in [5.74, 6) is 0.634. The fraction of sp³-hybridized carbons (Fsp3) is 0.333. The molecule has 6 heteroatoms. The highest BCUT2D eigenvalue weighted by molar-refractivity contribution is 6.14. The van der Waals surface area contributed by atoms with E-state index in [1.54, 1.807) is 4.90 Å². The van der Waals surface area contributed by atoms with Crippen molar-refractivity contribution in [3.05, 3.63) is 59.3 Å². The van der Waals surface area contributed by atoms with E-state index in [4.69, 9.17) is 4.74 Å². The van der Waals surface area contributed by atoms with Crippen LogP contribution in [0.5, 0.6) is 5.75 Å². The van der Waals surface area contributed by atoms with Crippen LogP contribution in [0, 0.1) is 6.92 Å². The Balaban J connectivity index is 1.72. The van der Waals surface area contributed by atoms with E-state index in [2.05, 4.69) is 11.4 Å². The van der Waals surface area contributed by atoms with E-state index in [1.807, 2.05) is 61.9 Å². The summed E-state index contributed by atoms with van der Waals surface area (Å²) in [6.45, 7) is 5.51. The van der Waals surface area contributed by atoms with Crippen molar-refractivity contribution >= 4 is 28.4 Å². The molecule has 0 atom stereocenters. The summed E-state index contributed by atoms with van der Waals surface area (Å²) in [5.41, 5.74) is 4.18. The zero-order chi connectivity index (χ0) is 21.3. The topological polar surface area (TPSA) is 63.6 Å². The number of aryl methyl sites for hydroxylation is 2. The van der Waals surface area contributed by atoms with Crippen molar-refractivity contribution in [2.24, 2.45) is 7.05 Å².